The lowest BCUT2D eigenvalue weighted by atomic mass is 9.82. The Bertz CT molecular complexity index is 1050. The summed E-state index contributed by atoms with van der Waals surface area (Å²) in [5, 5.41) is 0. The van der Waals surface area contributed by atoms with Crippen LogP contribution < -0.4 is 23.8 Å². The second-order valence-electron chi connectivity index (χ2n) is 9.52. The van der Waals surface area contributed by atoms with Gasteiger partial charge in [0.05, 0.1) is 46.1 Å². The molecule has 0 unspecified atom stereocenters. The van der Waals surface area contributed by atoms with Gasteiger partial charge in [0, 0.05) is 31.6 Å². The van der Waals surface area contributed by atoms with Crippen molar-refractivity contribution in [2.45, 2.75) is 38.6 Å². The lowest BCUT2D eigenvalue weighted by Gasteiger charge is -2.43. The third-order valence-corrected chi connectivity index (χ3v) is 7.39. The van der Waals surface area contributed by atoms with E-state index in [0.717, 1.165) is 31.5 Å². The van der Waals surface area contributed by atoms with Crippen LogP contribution in [0.15, 0.2) is 36.4 Å². The van der Waals surface area contributed by atoms with Crippen molar-refractivity contribution in [3.8, 4) is 23.0 Å². The van der Waals surface area contributed by atoms with Crippen LogP contribution in [0, 0.1) is 11.8 Å². The van der Waals surface area contributed by atoms with Crippen molar-refractivity contribution in [2.24, 2.45) is 11.8 Å². The van der Waals surface area contributed by atoms with Gasteiger partial charge in [0.15, 0.2) is 11.5 Å². The molecule has 2 heterocycles. The van der Waals surface area contributed by atoms with Crippen LogP contribution in [-0.4, -0.2) is 58.2 Å². The second kappa shape index (κ2) is 11.1. The number of nitrogens with zero attached hydrogens (tertiary/aromatic N) is 2. The maximum Gasteiger partial charge on any atom is 0.228 e. The predicted octanol–water partition coefficient (Wildman–Crippen LogP) is 4.46. The van der Waals surface area contributed by atoms with Crippen LogP contribution in [0.25, 0.3) is 0 Å². The van der Waals surface area contributed by atoms with Gasteiger partial charge in [-0.15, -0.1) is 0 Å². The highest BCUT2D eigenvalue weighted by Gasteiger charge is 2.43. The van der Waals surface area contributed by atoms with E-state index in [0.29, 0.717) is 41.0 Å². The molecular weight excluding hydrogens is 460 g/mol. The molecule has 2 atom stereocenters. The van der Waals surface area contributed by atoms with Gasteiger partial charge < -0.3 is 28.7 Å². The topological polar surface area (TPSA) is 77.5 Å². The van der Waals surface area contributed by atoms with Gasteiger partial charge in [0.2, 0.25) is 17.6 Å². The highest BCUT2D eigenvalue weighted by Crippen LogP contribution is 2.46. The number of amides is 2. The van der Waals surface area contributed by atoms with Crippen LogP contribution in [0.1, 0.15) is 44.2 Å². The van der Waals surface area contributed by atoms with Gasteiger partial charge in [-0.3, -0.25) is 9.59 Å². The molecule has 2 aromatic carbocycles. The second-order valence-corrected chi connectivity index (χ2v) is 9.52. The van der Waals surface area contributed by atoms with Gasteiger partial charge in [0.25, 0.3) is 0 Å². The summed E-state index contributed by atoms with van der Waals surface area (Å²) in [5.74, 6) is 2.36. The number of hydrogen-bond acceptors (Lipinski definition) is 6. The number of hydrogen-bond donors (Lipinski definition) is 0. The number of ether oxygens (including phenoxy) is 4. The molecular formula is C28H36N2O6. The van der Waals surface area contributed by atoms with E-state index in [9.17, 15) is 9.59 Å². The van der Waals surface area contributed by atoms with Crippen molar-refractivity contribution < 1.29 is 28.5 Å². The van der Waals surface area contributed by atoms with Crippen molar-refractivity contribution in [1.29, 1.82) is 0 Å². The molecule has 0 saturated carbocycles. The summed E-state index contributed by atoms with van der Waals surface area (Å²) in [6.07, 6.45) is 2.79. The monoisotopic (exact) mass is 496 g/mol. The summed E-state index contributed by atoms with van der Waals surface area (Å²) < 4.78 is 22.0. The fourth-order valence-corrected chi connectivity index (χ4v) is 5.31. The quantitative estimate of drug-likeness (QED) is 0.563. The first-order valence-electron chi connectivity index (χ1n) is 12.5. The number of carbonyl (C=O) groups excluding carboxylic acids is 2. The molecule has 2 aromatic rings. The van der Waals surface area contributed by atoms with Gasteiger partial charge in [-0.1, -0.05) is 19.1 Å². The number of carbonyl (C=O) groups is 2. The van der Waals surface area contributed by atoms with Crippen molar-refractivity contribution in [2.75, 3.05) is 46.4 Å². The average molecular weight is 497 g/mol. The average Bonchev–Trinajstić information content (AvgIpc) is 2.92. The van der Waals surface area contributed by atoms with E-state index in [1.165, 1.54) is 0 Å². The van der Waals surface area contributed by atoms with E-state index < -0.39 is 6.04 Å². The van der Waals surface area contributed by atoms with Crippen LogP contribution >= 0.6 is 0 Å². The summed E-state index contributed by atoms with van der Waals surface area (Å²) in [7, 11) is 6.25. The molecule has 0 radical (unpaired) electrons. The summed E-state index contributed by atoms with van der Waals surface area (Å²) in [6, 6.07) is 10.7. The molecule has 2 aliphatic rings. The molecule has 0 spiro atoms. The number of benzene rings is 2. The van der Waals surface area contributed by atoms with E-state index in [4.69, 9.17) is 18.9 Å². The minimum absolute atomic E-state index is 0.0543. The zero-order valence-corrected chi connectivity index (χ0v) is 21.8. The summed E-state index contributed by atoms with van der Waals surface area (Å²) in [6.45, 7) is 3.74. The zero-order chi connectivity index (χ0) is 25.8. The van der Waals surface area contributed by atoms with Crippen molar-refractivity contribution >= 4 is 17.5 Å². The Hall–Kier alpha value is -3.42. The molecule has 0 aromatic heterocycles. The Morgan fingerprint density at radius 3 is 2.00 bits per heavy atom. The molecule has 4 rings (SSSR count). The fourth-order valence-electron chi connectivity index (χ4n) is 5.31. The lowest BCUT2D eigenvalue weighted by molar-refractivity contribution is -0.139. The Morgan fingerprint density at radius 2 is 1.47 bits per heavy atom. The minimum atomic E-state index is -0.480. The molecule has 2 fully saturated rings. The van der Waals surface area contributed by atoms with Gasteiger partial charge in [-0.25, -0.2) is 0 Å². The Morgan fingerprint density at radius 1 is 0.861 bits per heavy atom. The third-order valence-electron chi connectivity index (χ3n) is 7.39. The van der Waals surface area contributed by atoms with Gasteiger partial charge in [-0.2, -0.15) is 0 Å². The molecule has 0 aliphatic carbocycles. The molecule has 8 nitrogen and oxygen atoms in total. The molecule has 36 heavy (non-hydrogen) atoms. The minimum Gasteiger partial charge on any atom is -0.497 e. The molecule has 194 valence electrons. The van der Waals surface area contributed by atoms with Gasteiger partial charge >= 0.3 is 0 Å². The van der Waals surface area contributed by atoms with Crippen LogP contribution in [0.3, 0.4) is 0 Å². The largest absolute Gasteiger partial charge is 0.497 e. The first-order chi connectivity index (χ1) is 17.4. The Labute approximate surface area is 213 Å². The van der Waals surface area contributed by atoms with Crippen LogP contribution in [0.5, 0.6) is 23.0 Å². The molecule has 2 aliphatic heterocycles. The summed E-state index contributed by atoms with van der Waals surface area (Å²) in [4.78, 5) is 31.1. The van der Waals surface area contributed by atoms with Crippen molar-refractivity contribution in [1.82, 2.24) is 4.90 Å². The Kier molecular flexibility index (Phi) is 7.91. The van der Waals surface area contributed by atoms with Gasteiger partial charge in [0.1, 0.15) is 5.75 Å². The highest BCUT2D eigenvalue weighted by molar-refractivity contribution is 5.98. The Balaban J connectivity index is 1.81. The normalized spacial score (nSPS) is 20.8. The number of likely N-dealkylation sites (tertiary alicyclic amines) is 1. The lowest BCUT2D eigenvalue weighted by Crippen LogP contribution is -2.50. The highest BCUT2D eigenvalue weighted by atomic mass is 16.5. The standard InChI is InChI=1S/C28H36N2O6/c1-18-12-14-29(15-13-18)28(32)22-10-11-25(31)30(26(22)19-6-8-21(33-2)9-7-19)20-16-23(34-3)27(36-5)24(17-20)35-4/h6-9,16-18,22,26H,10-15H2,1-5H3/t22-,26+/m0/s1. The van der Waals surface area contributed by atoms with E-state index in [1.807, 2.05) is 29.2 Å². The van der Waals surface area contributed by atoms with E-state index >= 15 is 0 Å². The van der Waals surface area contributed by atoms with E-state index in [1.54, 1.807) is 45.5 Å². The van der Waals surface area contributed by atoms with E-state index in [2.05, 4.69) is 6.92 Å². The SMILES string of the molecule is COc1ccc([C@@H]2[C@@H](C(=O)N3CCC(C)CC3)CCC(=O)N2c2cc(OC)c(OC)c(OC)c2)cc1. The molecule has 2 amide bonds. The first-order valence-corrected chi connectivity index (χ1v) is 12.5. The van der Waals surface area contributed by atoms with Crippen LogP contribution in [0.2, 0.25) is 0 Å². The smallest absolute Gasteiger partial charge is 0.228 e. The van der Waals surface area contributed by atoms with Crippen molar-refractivity contribution in [3.63, 3.8) is 0 Å². The molecule has 8 heteroatoms. The number of rotatable bonds is 7. The summed E-state index contributed by atoms with van der Waals surface area (Å²) >= 11 is 0. The van der Waals surface area contributed by atoms with Crippen LogP contribution in [-0.2, 0) is 9.59 Å². The first kappa shape index (κ1) is 25.7. The summed E-state index contributed by atoms with van der Waals surface area (Å²) in [5.41, 5.74) is 1.47. The van der Waals surface area contributed by atoms with Crippen LogP contribution in [0.4, 0.5) is 5.69 Å². The van der Waals surface area contributed by atoms with Crippen molar-refractivity contribution in [3.05, 3.63) is 42.0 Å². The molecule has 0 bridgehead atoms. The van der Waals surface area contributed by atoms with E-state index in [-0.39, 0.29) is 24.2 Å². The fraction of sp³-hybridized carbons (Fsp3) is 0.500. The predicted molar refractivity (Wildman–Crippen MR) is 137 cm³/mol. The number of methoxy groups -OCH3 is 4. The molecule has 0 N–H and O–H groups in total. The number of piperidine rings is 2. The molecule has 2 saturated heterocycles. The maximum absolute atomic E-state index is 13.9. The van der Waals surface area contributed by atoms with Gasteiger partial charge in [-0.05, 0) is 42.9 Å². The third kappa shape index (κ3) is 4.94. The zero-order valence-electron chi connectivity index (χ0n) is 21.8. The maximum atomic E-state index is 13.9. The number of anilines is 1.